The first kappa shape index (κ1) is 17.7. The molecule has 6 nitrogen and oxygen atoms in total. The number of hydrogen-bond donors (Lipinski definition) is 3. The van der Waals surface area contributed by atoms with Gasteiger partial charge >= 0.3 is 87.0 Å². The van der Waals surface area contributed by atoms with E-state index in [1.807, 2.05) is 0 Å². The van der Waals surface area contributed by atoms with Crippen LogP contribution in [0.3, 0.4) is 0 Å². The maximum absolute atomic E-state index is 10.7. The van der Waals surface area contributed by atoms with E-state index in [4.69, 9.17) is 24.0 Å². The van der Waals surface area contributed by atoms with Gasteiger partial charge in [0.15, 0.2) is 0 Å². The largest absolute Gasteiger partial charge is 0.466 e. The molecule has 8 heteroatoms. The van der Waals surface area contributed by atoms with Crippen molar-refractivity contribution in [1.29, 1.82) is 0 Å². The van der Waals surface area contributed by atoms with Crippen molar-refractivity contribution < 1.29 is 28.8 Å². The van der Waals surface area contributed by atoms with Gasteiger partial charge in [0.1, 0.15) is 0 Å². The van der Waals surface area contributed by atoms with Crippen molar-refractivity contribution in [2.75, 3.05) is 6.61 Å². The Bertz CT molecular complexity index is 240. The van der Waals surface area contributed by atoms with Crippen LogP contribution in [0.5, 0.6) is 0 Å². The van der Waals surface area contributed by atoms with Crippen LogP contribution in [0.1, 0.15) is 13.3 Å². The van der Waals surface area contributed by atoms with Crippen LogP contribution >= 0.6 is 7.82 Å². The number of esters is 1. The van der Waals surface area contributed by atoms with Crippen LogP contribution in [0.2, 0.25) is 3.67 Å². The number of carbonyl (C=O) groups is 1. The first-order valence-electron chi connectivity index (χ1n) is 4.29. The Labute approximate surface area is 106 Å². The fourth-order valence-electron chi connectivity index (χ4n) is 0.432. The van der Waals surface area contributed by atoms with E-state index in [9.17, 15) is 4.79 Å². The van der Waals surface area contributed by atoms with Crippen LogP contribution < -0.4 is 0 Å². The summed E-state index contributed by atoms with van der Waals surface area (Å²) in [6.07, 6.45) is 0.991. The average Bonchev–Trinajstić information content (AvgIpc) is 2.01. The topological polar surface area (TPSA) is 104 Å². The summed E-state index contributed by atoms with van der Waals surface area (Å²) in [5, 5.41) is 0. The van der Waals surface area contributed by atoms with Gasteiger partial charge in [0.25, 0.3) is 0 Å². The number of phosphoric acid groups is 1. The van der Waals surface area contributed by atoms with E-state index in [1.165, 1.54) is 31.6 Å². The maximum Gasteiger partial charge on any atom is 0.466 e. The first-order valence-corrected chi connectivity index (χ1v) is 7.27. The van der Waals surface area contributed by atoms with Crippen LogP contribution in [-0.2, 0) is 14.1 Å². The molecule has 0 aromatic carbocycles. The van der Waals surface area contributed by atoms with E-state index >= 15 is 0 Å². The third-order valence-corrected chi connectivity index (χ3v) is 1.79. The van der Waals surface area contributed by atoms with Gasteiger partial charge in [-0.1, -0.05) is 0 Å². The summed E-state index contributed by atoms with van der Waals surface area (Å²) in [6, 6.07) is 0. The molecule has 84 valence electrons. The zero-order chi connectivity index (χ0) is 12.5. The Kier molecular flexibility index (Phi) is 11.3. The van der Waals surface area contributed by atoms with Crippen molar-refractivity contribution in [3.05, 3.63) is 12.2 Å². The van der Waals surface area contributed by atoms with E-state index in [2.05, 4.69) is 6.58 Å². The second kappa shape index (κ2) is 9.54. The second-order valence-electron chi connectivity index (χ2n) is 2.78. The minimum atomic E-state index is -4.64. The molecule has 0 aliphatic heterocycles. The molecule has 0 aromatic rings. The fraction of sp³-hybridized carbons (Fsp3) is 0.571. The van der Waals surface area contributed by atoms with Crippen LogP contribution in [0.25, 0.3) is 0 Å². The van der Waals surface area contributed by atoms with E-state index in [1.54, 1.807) is 6.92 Å². The molecule has 0 radical (unpaired) electrons. The monoisotopic (exact) mass is 248 g/mol. The molecule has 0 saturated heterocycles. The summed E-state index contributed by atoms with van der Waals surface area (Å²) in [6.45, 7) is 5.67. The number of ether oxygens (including phenoxy) is 1. The van der Waals surface area contributed by atoms with Gasteiger partial charge in [0.05, 0.1) is 0 Å². The Balaban J connectivity index is 0. The van der Waals surface area contributed by atoms with Crippen molar-refractivity contribution in [1.82, 2.24) is 0 Å². The summed E-state index contributed by atoms with van der Waals surface area (Å²) in [5.74, 6) is -0.268. The fourth-order valence-corrected chi connectivity index (χ4v) is 0.721. The maximum atomic E-state index is 10.7. The molecule has 15 heavy (non-hydrogen) atoms. The quantitative estimate of drug-likeness (QED) is 0.215. The Morgan fingerprint density at radius 1 is 1.47 bits per heavy atom. The molecule has 0 bridgehead atoms. The van der Waals surface area contributed by atoms with Crippen LogP contribution in [-0.4, -0.2) is 55.2 Å². The van der Waals surface area contributed by atoms with Crippen LogP contribution in [0, 0.1) is 0 Å². The van der Waals surface area contributed by atoms with Crippen LogP contribution in [0.15, 0.2) is 12.2 Å². The summed E-state index contributed by atoms with van der Waals surface area (Å²) >= 11 is 1.18. The van der Waals surface area contributed by atoms with E-state index in [0.717, 1.165) is 6.42 Å². The molecule has 0 spiro atoms. The van der Waals surface area contributed by atoms with Gasteiger partial charge in [-0.15, -0.1) is 0 Å². The number of hydrogen-bond acceptors (Lipinski definition) is 3. The molecule has 0 aliphatic rings. The molecule has 3 N–H and O–H groups in total. The standard InChI is InChI=1S/C7H11O2.Na.H3O4P/c1-4-5-9-7(8)6(2)3;;1-5(2,3)4/h1-2,4-5H2,3H3;;(H3,1,2,3,4). The SMILES string of the molecule is C=C(C)C(=O)OCC[CH2][Na].O=P(O)(O)O. The molecule has 0 heterocycles. The van der Waals surface area contributed by atoms with Gasteiger partial charge in [0.2, 0.25) is 0 Å². The predicted molar refractivity (Wildman–Crippen MR) is 55.2 cm³/mol. The molecule has 0 fully saturated rings. The van der Waals surface area contributed by atoms with Crippen molar-refractivity contribution in [3.63, 3.8) is 0 Å². The van der Waals surface area contributed by atoms with Gasteiger partial charge in [-0.05, 0) is 0 Å². The second-order valence-corrected chi connectivity index (χ2v) is 4.81. The van der Waals surface area contributed by atoms with Crippen molar-refractivity contribution >= 4 is 41.7 Å². The van der Waals surface area contributed by atoms with Gasteiger partial charge in [-0.25, -0.2) is 4.57 Å². The summed E-state index contributed by atoms with van der Waals surface area (Å²) in [5.41, 5.74) is 0.480. The third kappa shape index (κ3) is 25.0. The zero-order valence-corrected chi connectivity index (χ0v) is 11.7. The van der Waals surface area contributed by atoms with Gasteiger partial charge in [0, 0.05) is 0 Å². The molecule has 0 amide bonds. The molecule has 0 aromatic heterocycles. The normalized spacial score (nSPS) is 10.0. The minimum Gasteiger partial charge on any atom is -0.303 e. The molecule has 0 unspecified atom stereocenters. The minimum absolute atomic E-state index is 0.268. The van der Waals surface area contributed by atoms with E-state index < -0.39 is 7.82 Å². The van der Waals surface area contributed by atoms with Gasteiger partial charge in [-0.3, -0.25) is 0 Å². The summed E-state index contributed by atoms with van der Waals surface area (Å²) in [7, 11) is -4.64. The summed E-state index contributed by atoms with van der Waals surface area (Å²) in [4.78, 5) is 32.3. The van der Waals surface area contributed by atoms with Crippen LogP contribution in [0.4, 0.5) is 0 Å². The first-order chi connectivity index (χ1) is 6.68. The summed E-state index contributed by atoms with van der Waals surface area (Å²) < 4.78 is 14.9. The molecular weight excluding hydrogens is 234 g/mol. The van der Waals surface area contributed by atoms with Crippen molar-refractivity contribution in [2.24, 2.45) is 0 Å². The zero-order valence-electron chi connectivity index (χ0n) is 8.84. The van der Waals surface area contributed by atoms with E-state index in [0.29, 0.717) is 12.2 Å². The Morgan fingerprint density at radius 2 is 1.87 bits per heavy atom. The number of rotatable bonds is 4. The smallest absolute Gasteiger partial charge is 0.303 e. The Hall–Kier alpha value is 0.320. The third-order valence-electron chi connectivity index (χ3n) is 1.08. The average molecular weight is 248 g/mol. The molecule has 0 atom stereocenters. The Morgan fingerprint density at radius 3 is 2.13 bits per heavy atom. The van der Waals surface area contributed by atoms with Gasteiger partial charge in [-0.2, -0.15) is 0 Å². The molecule has 0 rings (SSSR count). The van der Waals surface area contributed by atoms with Gasteiger partial charge < -0.3 is 14.7 Å². The molecular formula is C7H14NaO6P. The molecule has 0 saturated carbocycles. The van der Waals surface area contributed by atoms with Crippen molar-refractivity contribution in [2.45, 2.75) is 17.0 Å². The predicted octanol–water partition coefficient (Wildman–Crippen LogP) is 0.154. The van der Waals surface area contributed by atoms with E-state index in [-0.39, 0.29) is 5.97 Å². The van der Waals surface area contributed by atoms with Crippen molar-refractivity contribution in [3.8, 4) is 0 Å². The number of carbonyl (C=O) groups excluding carboxylic acids is 1. The molecule has 0 aliphatic carbocycles.